The molecule has 1 saturated heterocycles. The van der Waals surface area contributed by atoms with Crippen molar-refractivity contribution in [1.29, 1.82) is 0 Å². The Labute approximate surface area is 190 Å². The molecule has 2 saturated carbocycles. The number of aliphatic hydroxyl groups excluding tert-OH is 2. The van der Waals surface area contributed by atoms with E-state index in [2.05, 4.69) is 11.0 Å². The molecule has 3 fully saturated rings. The fourth-order valence-electron chi connectivity index (χ4n) is 7.52. The number of ether oxygens (including phenoxy) is 2. The number of likely N-dealkylation sites (tertiary alicyclic amines) is 1. The van der Waals surface area contributed by atoms with Gasteiger partial charge in [0.1, 0.15) is 11.7 Å². The van der Waals surface area contributed by atoms with E-state index in [1.165, 1.54) is 24.8 Å². The summed E-state index contributed by atoms with van der Waals surface area (Å²) in [6.07, 6.45) is 6.23. The van der Waals surface area contributed by atoms with Crippen molar-refractivity contribution in [1.82, 2.24) is 4.90 Å². The number of piperidine rings is 1. The fourth-order valence-corrected chi connectivity index (χ4v) is 7.52. The van der Waals surface area contributed by atoms with E-state index >= 15 is 0 Å². The quantitative estimate of drug-likeness (QED) is 0.627. The number of hydrogen-bond donors (Lipinski definition) is 3. The zero-order valence-electron chi connectivity index (χ0n) is 19.3. The van der Waals surface area contributed by atoms with Gasteiger partial charge in [0.2, 0.25) is 0 Å². The Morgan fingerprint density at radius 1 is 1.22 bits per heavy atom. The number of rotatable bonds is 6. The van der Waals surface area contributed by atoms with Crippen LogP contribution in [0.5, 0.6) is 11.5 Å². The highest BCUT2D eigenvalue weighted by Gasteiger charge is 2.73. The summed E-state index contributed by atoms with van der Waals surface area (Å²) in [5.74, 6) is 2.14. The van der Waals surface area contributed by atoms with Crippen molar-refractivity contribution >= 4 is 0 Å². The molecule has 5 atom stereocenters. The lowest BCUT2D eigenvalue weighted by Gasteiger charge is -2.64. The molecular weight excluding hydrogens is 406 g/mol. The van der Waals surface area contributed by atoms with E-state index in [1.54, 1.807) is 0 Å². The average Bonchev–Trinajstić information content (AvgIpc) is 3.06. The van der Waals surface area contributed by atoms with Crippen LogP contribution in [0.15, 0.2) is 12.1 Å². The highest BCUT2D eigenvalue weighted by atomic mass is 16.5. The fraction of sp³-hybridized carbons (Fsp3) is 0.769. The summed E-state index contributed by atoms with van der Waals surface area (Å²) in [6, 6.07) is 4.22. The smallest absolute Gasteiger partial charge is 0.166 e. The Bertz CT molecular complexity index is 914. The topological polar surface area (TPSA) is 82.4 Å². The zero-order chi connectivity index (χ0) is 22.3. The van der Waals surface area contributed by atoms with Crippen LogP contribution >= 0.6 is 0 Å². The summed E-state index contributed by atoms with van der Waals surface area (Å²) in [6.45, 7) is 6.01. The van der Waals surface area contributed by atoms with Gasteiger partial charge >= 0.3 is 0 Å². The van der Waals surface area contributed by atoms with E-state index in [1.807, 2.05) is 19.9 Å². The number of benzene rings is 1. The van der Waals surface area contributed by atoms with Crippen LogP contribution in [0.2, 0.25) is 0 Å². The van der Waals surface area contributed by atoms with E-state index in [4.69, 9.17) is 9.47 Å². The molecule has 0 radical (unpaired) electrons. The Balaban J connectivity index is 1.45. The van der Waals surface area contributed by atoms with Crippen LogP contribution in [0.3, 0.4) is 0 Å². The molecule has 1 spiro atoms. The van der Waals surface area contributed by atoms with E-state index in [9.17, 15) is 15.3 Å². The van der Waals surface area contributed by atoms with E-state index in [0.29, 0.717) is 30.8 Å². The number of aliphatic hydroxyl groups is 3. The highest BCUT2D eigenvalue weighted by Crippen LogP contribution is 2.65. The first-order valence-corrected chi connectivity index (χ1v) is 12.6. The van der Waals surface area contributed by atoms with Crippen LogP contribution in [0.25, 0.3) is 0 Å². The van der Waals surface area contributed by atoms with Gasteiger partial charge in [0.25, 0.3) is 0 Å². The van der Waals surface area contributed by atoms with E-state index in [-0.39, 0.29) is 12.6 Å². The molecule has 6 rings (SSSR count). The SMILES string of the molecule is CC(C)(CCO)Oc1ccc2c3c1OC1C(O)CC[C@@]4(O)[C@@H](C2)N(CC2CCC2)CC[C@]314. The molecule has 2 aliphatic heterocycles. The summed E-state index contributed by atoms with van der Waals surface area (Å²) in [5, 5.41) is 32.9. The minimum Gasteiger partial charge on any atom is -0.484 e. The Morgan fingerprint density at radius 2 is 2.03 bits per heavy atom. The van der Waals surface area contributed by atoms with Crippen LogP contribution in [0.1, 0.15) is 69.9 Å². The summed E-state index contributed by atoms with van der Waals surface area (Å²) in [7, 11) is 0. The third-order valence-electron chi connectivity index (χ3n) is 9.34. The zero-order valence-corrected chi connectivity index (χ0v) is 19.3. The van der Waals surface area contributed by atoms with Gasteiger partial charge in [-0.3, -0.25) is 4.90 Å². The van der Waals surface area contributed by atoms with Crippen molar-refractivity contribution in [2.24, 2.45) is 5.92 Å². The van der Waals surface area contributed by atoms with Crippen molar-refractivity contribution in [2.75, 3.05) is 19.7 Å². The lowest BCUT2D eigenvalue weighted by molar-refractivity contribution is -0.209. The predicted molar refractivity (Wildman–Crippen MR) is 120 cm³/mol. The van der Waals surface area contributed by atoms with E-state index < -0.39 is 28.8 Å². The molecule has 0 aromatic heterocycles. The van der Waals surface area contributed by atoms with Crippen LogP contribution in [0.4, 0.5) is 0 Å². The summed E-state index contributed by atoms with van der Waals surface area (Å²) < 4.78 is 12.9. The first-order chi connectivity index (χ1) is 15.3. The van der Waals surface area contributed by atoms with Crippen LogP contribution in [-0.2, 0) is 11.8 Å². The molecule has 2 heterocycles. The second-order valence-electron chi connectivity index (χ2n) is 11.6. The van der Waals surface area contributed by atoms with Gasteiger partial charge < -0.3 is 24.8 Å². The maximum Gasteiger partial charge on any atom is 0.166 e. The minimum absolute atomic E-state index is 0.0532. The van der Waals surface area contributed by atoms with Crippen LogP contribution in [-0.4, -0.2) is 69.4 Å². The number of hydrogen-bond acceptors (Lipinski definition) is 6. The molecular formula is C26H37NO5. The maximum atomic E-state index is 12.4. The predicted octanol–water partition coefficient (Wildman–Crippen LogP) is 2.54. The molecule has 6 nitrogen and oxygen atoms in total. The van der Waals surface area contributed by atoms with Crippen molar-refractivity contribution in [3.8, 4) is 11.5 Å². The standard InChI is InChI=1S/C26H37NO5/c1-24(2,11-13-28)32-19-7-6-17-14-20-26(30)9-8-18(29)23-25(26,21(17)22(19)31-23)10-12-27(20)15-16-4-3-5-16/h6-7,16,18,20,23,28-30H,3-5,8-15H2,1-2H3/t18?,20-,23?,25+,26-/m1/s1. The van der Waals surface area contributed by atoms with Crippen LogP contribution in [0, 0.1) is 5.92 Å². The molecule has 5 aliphatic rings. The third-order valence-corrected chi connectivity index (χ3v) is 9.34. The molecule has 3 aliphatic carbocycles. The molecule has 2 unspecified atom stereocenters. The molecule has 176 valence electrons. The lowest BCUT2D eigenvalue weighted by Crippen LogP contribution is -2.77. The van der Waals surface area contributed by atoms with Gasteiger partial charge in [-0.05, 0) is 76.5 Å². The second-order valence-corrected chi connectivity index (χ2v) is 11.6. The van der Waals surface area contributed by atoms with Crippen molar-refractivity contribution in [2.45, 2.75) is 100 Å². The summed E-state index contributed by atoms with van der Waals surface area (Å²) in [4.78, 5) is 2.56. The van der Waals surface area contributed by atoms with Gasteiger partial charge in [0.05, 0.1) is 17.1 Å². The summed E-state index contributed by atoms with van der Waals surface area (Å²) >= 11 is 0. The third kappa shape index (κ3) is 2.73. The Kier molecular flexibility index (Phi) is 4.69. The largest absolute Gasteiger partial charge is 0.484 e. The van der Waals surface area contributed by atoms with Crippen molar-refractivity contribution in [3.05, 3.63) is 23.3 Å². The van der Waals surface area contributed by atoms with Gasteiger partial charge in [-0.25, -0.2) is 0 Å². The Morgan fingerprint density at radius 3 is 2.75 bits per heavy atom. The molecule has 3 N–H and O–H groups in total. The van der Waals surface area contributed by atoms with Gasteiger partial charge in [-0.1, -0.05) is 12.5 Å². The molecule has 0 amide bonds. The van der Waals surface area contributed by atoms with Crippen molar-refractivity contribution < 1.29 is 24.8 Å². The number of nitrogens with zero attached hydrogens (tertiary/aromatic N) is 1. The van der Waals surface area contributed by atoms with Gasteiger partial charge in [0.15, 0.2) is 11.5 Å². The molecule has 1 aromatic rings. The molecule has 1 aromatic carbocycles. The highest BCUT2D eigenvalue weighted by molar-refractivity contribution is 5.63. The van der Waals surface area contributed by atoms with Crippen LogP contribution < -0.4 is 9.47 Å². The van der Waals surface area contributed by atoms with E-state index in [0.717, 1.165) is 37.4 Å². The Hall–Kier alpha value is -1.34. The summed E-state index contributed by atoms with van der Waals surface area (Å²) in [5.41, 5.74) is 0.315. The minimum atomic E-state index is -0.892. The van der Waals surface area contributed by atoms with Gasteiger partial charge in [-0.15, -0.1) is 0 Å². The molecule has 32 heavy (non-hydrogen) atoms. The first kappa shape index (κ1) is 21.2. The maximum absolute atomic E-state index is 12.4. The van der Waals surface area contributed by atoms with Gasteiger partial charge in [-0.2, -0.15) is 0 Å². The normalized spacial score (nSPS) is 38.1. The first-order valence-electron chi connectivity index (χ1n) is 12.6. The lowest BCUT2D eigenvalue weighted by atomic mass is 9.48. The molecule has 2 bridgehead atoms. The van der Waals surface area contributed by atoms with Gasteiger partial charge in [0, 0.05) is 31.2 Å². The second kappa shape index (κ2) is 7.08. The monoisotopic (exact) mass is 443 g/mol. The van der Waals surface area contributed by atoms with Crippen molar-refractivity contribution in [3.63, 3.8) is 0 Å². The average molecular weight is 444 g/mol. The molecule has 6 heteroatoms.